The summed E-state index contributed by atoms with van der Waals surface area (Å²) in [5.74, 6) is -0.408. The number of fused-ring (bicyclic) bond motifs is 3. The molecule has 0 N–H and O–H groups in total. The van der Waals surface area contributed by atoms with Gasteiger partial charge in [0.15, 0.2) is 0 Å². The molecule has 0 atom stereocenters. The Labute approximate surface area is 159 Å². The molecule has 4 aromatic rings. The van der Waals surface area contributed by atoms with Crippen LogP contribution in [-0.2, 0) is 11.3 Å². The molecule has 0 aliphatic heterocycles. The van der Waals surface area contributed by atoms with Crippen molar-refractivity contribution in [1.29, 1.82) is 0 Å². The van der Waals surface area contributed by atoms with Crippen LogP contribution in [0.25, 0.3) is 21.9 Å². The molecule has 0 unspecified atom stereocenters. The first-order valence-corrected chi connectivity index (χ1v) is 8.74. The molecule has 26 heavy (non-hydrogen) atoms. The number of ether oxygens (including phenoxy) is 1. The maximum atomic E-state index is 11.9. The van der Waals surface area contributed by atoms with Gasteiger partial charge < -0.3 is 9.30 Å². The highest BCUT2D eigenvalue weighted by Gasteiger charge is 2.16. The molecule has 0 bridgehead atoms. The van der Waals surface area contributed by atoms with Crippen molar-refractivity contribution in [2.75, 3.05) is 7.11 Å². The van der Waals surface area contributed by atoms with Crippen LogP contribution in [0.1, 0.15) is 15.9 Å². The lowest BCUT2D eigenvalue weighted by molar-refractivity contribution is 0.0600. The minimum Gasteiger partial charge on any atom is -0.465 e. The molecule has 130 valence electrons. The van der Waals surface area contributed by atoms with Crippen molar-refractivity contribution >= 4 is 51.1 Å². The predicted molar refractivity (Wildman–Crippen MR) is 104 cm³/mol. The first kappa shape index (κ1) is 16.9. The van der Waals surface area contributed by atoms with Crippen LogP contribution in [0.3, 0.4) is 0 Å². The fourth-order valence-corrected chi connectivity index (χ4v) is 3.53. The SMILES string of the molecule is COC(=O)c1cnc2c(c1)c1ccccc1n2Cc1cccc(Cl)c1Cl. The molecule has 2 heterocycles. The second kappa shape index (κ2) is 6.63. The van der Waals surface area contributed by atoms with Gasteiger partial charge in [0, 0.05) is 17.0 Å². The van der Waals surface area contributed by atoms with Gasteiger partial charge in [-0.2, -0.15) is 0 Å². The average molecular weight is 385 g/mol. The lowest BCUT2D eigenvalue weighted by Gasteiger charge is -2.10. The van der Waals surface area contributed by atoms with E-state index in [1.165, 1.54) is 13.3 Å². The Balaban J connectivity index is 1.96. The van der Waals surface area contributed by atoms with Crippen LogP contribution in [0.5, 0.6) is 0 Å². The van der Waals surface area contributed by atoms with Crippen molar-refractivity contribution in [2.24, 2.45) is 0 Å². The third kappa shape index (κ3) is 2.71. The molecule has 4 rings (SSSR count). The third-order valence-corrected chi connectivity index (χ3v) is 5.25. The molecular weight excluding hydrogens is 371 g/mol. The number of carbonyl (C=O) groups is 1. The molecule has 4 nitrogen and oxygen atoms in total. The highest BCUT2D eigenvalue weighted by atomic mass is 35.5. The van der Waals surface area contributed by atoms with E-state index >= 15 is 0 Å². The second-order valence-electron chi connectivity index (χ2n) is 5.90. The van der Waals surface area contributed by atoms with Crippen molar-refractivity contribution in [3.05, 3.63) is 75.9 Å². The van der Waals surface area contributed by atoms with Crippen LogP contribution in [0.4, 0.5) is 0 Å². The summed E-state index contributed by atoms with van der Waals surface area (Å²) in [6.07, 6.45) is 1.53. The van der Waals surface area contributed by atoms with Crippen LogP contribution in [0.15, 0.2) is 54.7 Å². The number of halogens is 2. The molecule has 0 fully saturated rings. The lowest BCUT2D eigenvalue weighted by Crippen LogP contribution is -2.04. The normalized spacial score (nSPS) is 11.2. The highest BCUT2D eigenvalue weighted by Crippen LogP contribution is 2.32. The molecule has 0 radical (unpaired) electrons. The largest absolute Gasteiger partial charge is 0.465 e. The minimum atomic E-state index is -0.408. The number of esters is 1. The van der Waals surface area contributed by atoms with E-state index in [-0.39, 0.29) is 0 Å². The van der Waals surface area contributed by atoms with E-state index in [0.29, 0.717) is 22.2 Å². The van der Waals surface area contributed by atoms with Gasteiger partial charge in [-0.05, 0) is 23.8 Å². The van der Waals surface area contributed by atoms with Crippen molar-refractivity contribution in [3.63, 3.8) is 0 Å². The summed E-state index contributed by atoms with van der Waals surface area (Å²) in [6, 6.07) is 15.4. The van der Waals surface area contributed by atoms with E-state index < -0.39 is 5.97 Å². The number of nitrogens with zero attached hydrogens (tertiary/aromatic N) is 2. The van der Waals surface area contributed by atoms with Crippen LogP contribution < -0.4 is 0 Å². The van der Waals surface area contributed by atoms with Crippen LogP contribution in [-0.4, -0.2) is 22.6 Å². The van der Waals surface area contributed by atoms with E-state index in [9.17, 15) is 4.79 Å². The second-order valence-corrected chi connectivity index (χ2v) is 6.69. The molecule has 0 amide bonds. The quantitative estimate of drug-likeness (QED) is 0.448. The lowest BCUT2D eigenvalue weighted by atomic mass is 10.1. The van der Waals surface area contributed by atoms with Gasteiger partial charge >= 0.3 is 5.97 Å². The number of para-hydroxylation sites is 1. The summed E-state index contributed by atoms with van der Waals surface area (Å²) in [5, 5.41) is 2.96. The number of aromatic nitrogens is 2. The molecule has 0 aliphatic rings. The van der Waals surface area contributed by atoms with Crippen LogP contribution in [0.2, 0.25) is 10.0 Å². The van der Waals surface area contributed by atoms with Crippen molar-refractivity contribution in [3.8, 4) is 0 Å². The molecule has 2 aromatic carbocycles. The summed E-state index contributed by atoms with van der Waals surface area (Å²) < 4.78 is 6.88. The van der Waals surface area contributed by atoms with Gasteiger partial charge in [0.05, 0.1) is 34.8 Å². The summed E-state index contributed by atoms with van der Waals surface area (Å²) in [6.45, 7) is 0.522. The zero-order valence-electron chi connectivity index (χ0n) is 13.9. The third-order valence-electron chi connectivity index (χ3n) is 4.39. The molecule has 6 heteroatoms. The standard InChI is InChI=1S/C20H14Cl2N2O2/c1-26-20(25)13-9-15-14-6-2-3-8-17(14)24(19(15)23-10-13)11-12-5-4-7-16(21)18(12)22/h2-10H,11H2,1H3. The summed E-state index contributed by atoms with van der Waals surface area (Å²) in [7, 11) is 1.36. The van der Waals surface area contributed by atoms with Gasteiger partial charge in [0.25, 0.3) is 0 Å². The van der Waals surface area contributed by atoms with Gasteiger partial charge in [-0.3, -0.25) is 0 Å². The van der Waals surface area contributed by atoms with E-state index in [2.05, 4.69) is 9.55 Å². The minimum absolute atomic E-state index is 0.408. The summed E-state index contributed by atoms with van der Waals surface area (Å²) in [5.41, 5.74) is 3.10. The number of hydrogen-bond donors (Lipinski definition) is 0. The van der Waals surface area contributed by atoms with Gasteiger partial charge in [-0.1, -0.05) is 53.5 Å². The Morgan fingerprint density at radius 3 is 2.73 bits per heavy atom. The van der Waals surface area contributed by atoms with E-state index in [0.717, 1.165) is 27.5 Å². The predicted octanol–water partition coefficient (Wildman–Crippen LogP) is 5.33. The number of methoxy groups -OCH3 is 1. The van der Waals surface area contributed by atoms with Gasteiger partial charge in [0.2, 0.25) is 0 Å². The Bertz CT molecular complexity index is 1150. The maximum absolute atomic E-state index is 11.9. The molecule has 0 spiro atoms. The van der Waals surface area contributed by atoms with Crippen LogP contribution in [0, 0.1) is 0 Å². The van der Waals surface area contributed by atoms with Crippen molar-refractivity contribution in [1.82, 2.24) is 9.55 Å². The summed E-state index contributed by atoms with van der Waals surface area (Å²) >= 11 is 12.5. The Morgan fingerprint density at radius 2 is 1.92 bits per heavy atom. The number of benzene rings is 2. The van der Waals surface area contributed by atoms with Gasteiger partial charge in [-0.15, -0.1) is 0 Å². The molecule has 0 aliphatic carbocycles. The Morgan fingerprint density at radius 1 is 1.12 bits per heavy atom. The van der Waals surface area contributed by atoms with Crippen LogP contribution >= 0.6 is 23.2 Å². The Kier molecular flexibility index (Phi) is 4.31. The smallest absolute Gasteiger partial charge is 0.339 e. The first-order chi connectivity index (χ1) is 12.6. The molecule has 0 saturated carbocycles. The zero-order valence-corrected chi connectivity index (χ0v) is 15.4. The number of rotatable bonds is 3. The highest BCUT2D eigenvalue weighted by molar-refractivity contribution is 6.42. The monoisotopic (exact) mass is 384 g/mol. The molecule has 2 aromatic heterocycles. The van der Waals surface area contributed by atoms with Crippen molar-refractivity contribution < 1.29 is 9.53 Å². The maximum Gasteiger partial charge on any atom is 0.339 e. The molecule has 0 saturated heterocycles. The Hall–Kier alpha value is -2.56. The van der Waals surface area contributed by atoms with E-state index in [1.807, 2.05) is 42.5 Å². The molecular formula is C20H14Cl2N2O2. The average Bonchev–Trinajstić information content (AvgIpc) is 2.98. The van der Waals surface area contributed by atoms with E-state index in [4.69, 9.17) is 27.9 Å². The first-order valence-electron chi connectivity index (χ1n) is 7.98. The topological polar surface area (TPSA) is 44.1 Å². The fraction of sp³-hybridized carbons (Fsp3) is 0.100. The van der Waals surface area contributed by atoms with Gasteiger partial charge in [-0.25, -0.2) is 9.78 Å². The fourth-order valence-electron chi connectivity index (χ4n) is 3.15. The van der Waals surface area contributed by atoms with Gasteiger partial charge in [0.1, 0.15) is 5.65 Å². The zero-order chi connectivity index (χ0) is 18.3. The van der Waals surface area contributed by atoms with Crippen molar-refractivity contribution in [2.45, 2.75) is 6.54 Å². The van der Waals surface area contributed by atoms with E-state index in [1.54, 1.807) is 6.07 Å². The summed E-state index contributed by atoms with van der Waals surface area (Å²) in [4.78, 5) is 16.4. The number of carbonyl (C=O) groups excluding carboxylic acids is 1. The number of pyridine rings is 1. The number of hydrogen-bond acceptors (Lipinski definition) is 3.